The molecule has 0 fully saturated rings. The largest absolute Gasteiger partial charge is 0.433 e. The lowest BCUT2D eigenvalue weighted by Gasteiger charge is -2.17. The van der Waals surface area contributed by atoms with Gasteiger partial charge in [0.25, 0.3) is 0 Å². The average molecular weight is 358 g/mol. The van der Waals surface area contributed by atoms with Crippen LogP contribution < -0.4 is 10.2 Å². The summed E-state index contributed by atoms with van der Waals surface area (Å²) >= 11 is 0. The number of hydrogen-bond donors (Lipinski definition) is 2. The third-order valence-electron chi connectivity index (χ3n) is 4.20. The number of nitro groups is 1. The molecule has 2 aromatic rings. The molecule has 26 heavy (non-hydrogen) atoms. The summed E-state index contributed by atoms with van der Waals surface area (Å²) in [4.78, 5) is 23.4. The van der Waals surface area contributed by atoms with Crippen LogP contribution in [0, 0.1) is 10.1 Å². The lowest BCUT2D eigenvalue weighted by molar-refractivity contribution is -0.910. The van der Waals surface area contributed by atoms with E-state index in [0.717, 1.165) is 25.2 Å². The summed E-state index contributed by atoms with van der Waals surface area (Å²) in [6, 6.07) is 10.8. The Kier molecular flexibility index (Phi) is 7.11. The van der Waals surface area contributed by atoms with Crippen molar-refractivity contribution in [2.75, 3.05) is 13.1 Å². The molecule has 0 saturated carbocycles. The van der Waals surface area contributed by atoms with Crippen molar-refractivity contribution >= 4 is 17.9 Å². The minimum atomic E-state index is -0.619. The molecule has 1 amide bonds. The molecule has 2 rings (SSSR count). The zero-order chi connectivity index (χ0) is 18.9. The lowest BCUT2D eigenvalue weighted by atomic mass is 10.1. The first-order valence-electron chi connectivity index (χ1n) is 8.64. The van der Waals surface area contributed by atoms with Gasteiger partial charge in [-0.15, -0.1) is 0 Å². The zero-order valence-corrected chi connectivity index (χ0v) is 15.0. The molecule has 0 spiro atoms. The standard InChI is InChI=1S/C19H23N3O4/c1-3-21(4-2)14-16-8-6-5-7-15(16)13-20-18(23)11-9-17-10-12-19(26-17)22(24)25/h5-12H,3-4,13-14H2,1-2H3,(H,20,23)/p+1/b11-9+. The molecule has 1 aromatic carbocycles. The highest BCUT2D eigenvalue weighted by Crippen LogP contribution is 2.16. The van der Waals surface area contributed by atoms with Crippen molar-refractivity contribution in [1.82, 2.24) is 5.32 Å². The Hall–Kier alpha value is -2.93. The highest BCUT2D eigenvalue weighted by molar-refractivity contribution is 5.91. The molecule has 0 atom stereocenters. The molecule has 0 aliphatic rings. The summed E-state index contributed by atoms with van der Waals surface area (Å²) in [5.74, 6) is -0.371. The van der Waals surface area contributed by atoms with Crippen molar-refractivity contribution in [2.24, 2.45) is 0 Å². The molecule has 0 saturated heterocycles. The Morgan fingerprint density at radius 3 is 2.50 bits per heavy atom. The summed E-state index contributed by atoms with van der Waals surface area (Å²) in [5.41, 5.74) is 2.31. The van der Waals surface area contributed by atoms with Gasteiger partial charge in [0.15, 0.2) is 0 Å². The van der Waals surface area contributed by atoms with Crippen LogP contribution in [0.2, 0.25) is 0 Å². The molecular weight excluding hydrogens is 334 g/mol. The molecule has 0 bridgehead atoms. The Morgan fingerprint density at radius 2 is 1.88 bits per heavy atom. The molecule has 1 aromatic heterocycles. The van der Waals surface area contributed by atoms with Gasteiger partial charge in [-0.05, 0) is 31.6 Å². The fourth-order valence-corrected chi connectivity index (χ4v) is 2.60. The fourth-order valence-electron chi connectivity index (χ4n) is 2.60. The summed E-state index contributed by atoms with van der Waals surface area (Å²) < 4.78 is 4.98. The van der Waals surface area contributed by atoms with Crippen molar-refractivity contribution in [3.05, 3.63) is 69.5 Å². The van der Waals surface area contributed by atoms with E-state index < -0.39 is 4.92 Å². The van der Waals surface area contributed by atoms with Crippen molar-refractivity contribution in [1.29, 1.82) is 0 Å². The van der Waals surface area contributed by atoms with Gasteiger partial charge in [-0.2, -0.15) is 0 Å². The Labute approximate surface area is 152 Å². The number of furan rings is 1. The second-order valence-electron chi connectivity index (χ2n) is 5.89. The van der Waals surface area contributed by atoms with Crippen LogP contribution in [0.25, 0.3) is 6.08 Å². The third-order valence-corrected chi connectivity index (χ3v) is 4.20. The smallest absolute Gasteiger partial charge is 0.401 e. The zero-order valence-electron chi connectivity index (χ0n) is 15.0. The van der Waals surface area contributed by atoms with Crippen LogP contribution in [0.5, 0.6) is 0 Å². The van der Waals surface area contributed by atoms with Crippen LogP contribution in [0.3, 0.4) is 0 Å². The van der Waals surface area contributed by atoms with Gasteiger partial charge >= 0.3 is 5.88 Å². The first kappa shape index (κ1) is 19.4. The number of nitrogens with one attached hydrogen (secondary N) is 2. The van der Waals surface area contributed by atoms with Crippen molar-refractivity contribution in [2.45, 2.75) is 26.9 Å². The number of benzene rings is 1. The average Bonchev–Trinajstić information content (AvgIpc) is 3.13. The number of carbonyl (C=O) groups is 1. The number of carbonyl (C=O) groups excluding carboxylic acids is 1. The molecule has 7 heteroatoms. The van der Waals surface area contributed by atoms with Gasteiger partial charge in [0.2, 0.25) is 5.91 Å². The third kappa shape index (κ3) is 5.56. The van der Waals surface area contributed by atoms with Crippen molar-refractivity contribution in [3.63, 3.8) is 0 Å². The summed E-state index contributed by atoms with van der Waals surface area (Å²) in [6.07, 6.45) is 2.72. The summed E-state index contributed by atoms with van der Waals surface area (Å²) in [6.45, 7) is 7.77. The van der Waals surface area contributed by atoms with Crippen LogP contribution in [0.1, 0.15) is 30.7 Å². The second-order valence-corrected chi connectivity index (χ2v) is 5.89. The Bertz CT molecular complexity index is 779. The van der Waals surface area contributed by atoms with E-state index in [1.54, 1.807) is 0 Å². The highest BCUT2D eigenvalue weighted by Gasteiger charge is 2.11. The van der Waals surface area contributed by atoms with Gasteiger partial charge in [0, 0.05) is 18.2 Å². The van der Waals surface area contributed by atoms with E-state index in [0.29, 0.717) is 6.54 Å². The maximum absolute atomic E-state index is 12.0. The number of amides is 1. The molecule has 0 unspecified atom stereocenters. The SMILES string of the molecule is CC[NH+](CC)Cc1ccccc1CNC(=O)/C=C/c1ccc([N+](=O)[O-])o1. The van der Waals surface area contributed by atoms with E-state index in [4.69, 9.17) is 4.42 Å². The van der Waals surface area contributed by atoms with Crippen LogP contribution in [-0.2, 0) is 17.9 Å². The number of rotatable bonds is 9. The minimum absolute atomic E-state index is 0.261. The van der Waals surface area contributed by atoms with Gasteiger partial charge in [-0.1, -0.05) is 24.3 Å². The van der Waals surface area contributed by atoms with E-state index in [1.165, 1.54) is 34.7 Å². The second kappa shape index (κ2) is 9.53. The van der Waals surface area contributed by atoms with Crippen LogP contribution in [-0.4, -0.2) is 23.9 Å². The summed E-state index contributed by atoms with van der Waals surface area (Å²) in [7, 11) is 0. The van der Waals surface area contributed by atoms with Gasteiger partial charge in [-0.25, -0.2) is 0 Å². The van der Waals surface area contributed by atoms with Gasteiger partial charge < -0.3 is 14.6 Å². The van der Waals surface area contributed by atoms with Gasteiger partial charge in [0.05, 0.1) is 19.2 Å². The monoisotopic (exact) mass is 358 g/mol. The van der Waals surface area contributed by atoms with E-state index in [9.17, 15) is 14.9 Å². The number of hydrogen-bond acceptors (Lipinski definition) is 4. The predicted molar refractivity (Wildman–Crippen MR) is 98.4 cm³/mol. The van der Waals surface area contributed by atoms with Crippen LogP contribution >= 0.6 is 0 Å². The normalized spacial score (nSPS) is 11.2. The van der Waals surface area contributed by atoms with E-state index in [2.05, 4.69) is 25.2 Å². The van der Waals surface area contributed by atoms with Crippen LogP contribution in [0.4, 0.5) is 5.88 Å². The maximum Gasteiger partial charge on any atom is 0.433 e. The van der Waals surface area contributed by atoms with Crippen LogP contribution in [0.15, 0.2) is 46.9 Å². The topological polar surface area (TPSA) is 89.8 Å². The highest BCUT2D eigenvalue weighted by atomic mass is 16.6. The number of nitrogens with zero attached hydrogens (tertiary/aromatic N) is 1. The maximum atomic E-state index is 12.0. The molecule has 138 valence electrons. The molecular formula is C19H24N3O4+. The van der Waals surface area contributed by atoms with Gasteiger partial charge in [-0.3, -0.25) is 14.9 Å². The molecule has 0 aliphatic heterocycles. The fraction of sp³-hybridized carbons (Fsp3) is 0.316. The quantitative estimate of drug-likeness (QED) is 0.407. The van der Waals surface area contributed by atoms with Crippen molar-refractivity contribution < 1.29 is 19.0 Å². The number of quaternary nitrogens is 1. The van der Waals surface area contributed by atoms with E-state index in [1.807, 2.05) is 18.2 Å². The van der Waals surface area contributed by atoms with Gasteiger partial charge in [0.1, 0.15) is 17.2 Å². The molecule has 7 nitrogen and oxygen atoms in total. The first-order chi connectivity index (χ1) is 12.5. The van der Waals surface area contributed by atoms with E-state index >= 15 is 0 Å². The Balaban J connectivity index is 1.94. The molecule has 0 radical (unpaired) electrons. The minimum Gasteiger partial charge on any atom is -0.401 e. The van der Waals surface area contributed by atoms with Crippen molar-refractivity contribution in [3.8, 4) is 0 Å². The predicted octanol–water partition coefficient (Wildman–Crippen LogP) is 1.94. The molecule has 2 N–H and O–H groups in total. The summed E-state index contributed by atoms with van der Waals surface area (Å²) in [5, 5.41) is 13.4. The lowest BCUT2D eigenvalue weighted by Crippen LogP contribution is -3.10. The molecule has 0 aliphatic carbocycles. The van der Waals surface area contributed by atoms with E-state index in [-0.39, 0.29) is 17.6 Å². The Morgan fingerprint density at radius 1 is 1.19 bits per heavy atom. The first-order valence-corrected chi connectivity index (χ1v) is 8.64. The molecule has 1 heterocycles.